The zero-order valence-corrected chi connectivity index (χ0v) is 20.9. The van der Waals surface area contributed by atoms with Crippen molar-refractivity contribution in [2.45, 2.75) is 18.7 Å². The van der Waals surface area contributed by atoms with Crippen molar-refractivity contribution in [3.8, 4) is 5.75 Å². The number of rotatable bonds is 8. The van der Waals surface area contributed by atoms with Gasteiger partial charge in [0.1, 0.15) is 11.8 Å². The van der Waals surface area contributed by atoms with Crippen molar-refractivity contribution in [3.05, 3.63) is 95.6 Å². The van der Waals surface area contributed by atoms with E-state index in [-0.39, 0.29) is 11.7 Å². The van der Waals surface area contributed by atoms with Gasteiger partial charge in [-0.2, -0.15) is 4.31 Å². The molecule has 0 aliphatic carbocycles. The van der Waals surface area contributed by atoms with E-state index in [4.69, 9.17) is 4.74 Å². The number of hydrogen-bond donors (Lipinski definition) is 1. The second-order valence-electron chi connectivity index (χ2n) is 8.68. The maximum absolute atomic E-state index is 13.6. The molecule has 184 valence electrons. The van der Waals surface area contributed by atoms with Crippen LogP contribution in [0, 0.1) is 6.92 Å². The molecule has 0 unspecified atom stereocenters. The van der Waals surface area contributed by atoms with Gasteiger partial charge in [-0.3, -0.25) is 9.69 Å². The molecule has 3 aromatic rings. The Hall–Kier alpha value is -3.20. The molecule has 4 rings (SSSR count). The zero-order valence-electron chi connectivity index (χ0n) is 20.1. The van der Waals surface area contributed by atoms with E-state index in [0.717, 1.165) is 16.7 Å². The fourth-order valence-corrected chi connectivity index (χ4v) is 5.92. The van der Waals surface area contributed by atoms with E-state index in [0.29, 0.717) is 37.6 Å². The molecule has 1 amide bonds. The Balaban J connectivity index is 1.51. The molecular formula is C27H31N3O4S. The standard InChI is InChI=1S/C27H31N3O4S/c1-21-13-14-25(34-2)24(19-21)28-27(31)26(23-11-7-4-8-12-23)29-15-17-30(18-16-29)35(32,33)20-22-9-5-3-6-10-22/h3-14,19,26H,15-18,20H2,1-2H3,(H,28,31)/t26-/m1/s1. The third-order valence-corrected chi connectivity index (χ3v) is 8.05. The van der Waals surface area contributed by atoms with Crippen molar-refractivity contribution < 1.29 is 17.9 Å². The van der Waals surface area contributed by atoms with Gasteiger partial charge in [0.25, 0.3) is 0 Å². The van der Waals surface area contributed by atoms with Gasteiger partial charge in [-0.1, -0.05) is 66.7 Å². The molecule has 1 aliphatic rings. The van der Waals surface area contributed by atoms with Gasteiger partial charge in [0, 0.05) is 26.2 Å². The monoisotopic (exact) mass is 493 g/mol. The van der Waals surface area contributed by atoms with Crippen LogP contribution in [0.5, 0.6) is 5.75 Å². The van der Waals surface area contributed by atoms with Gasteiger partial charge in [-0.15, -0.1) is 0 Å². The number of anilines is 1. The van der Waals surface area contributed by atoms with Crippen LogP contribution in [0.2, 0.25) is 0 Å². The van der Waals surface area contributed by atoms with E-state index < -0.39 is 16.1 Å². The Labute approximate surface area is 207 Å². The molecule has 0 aromatic heterocycles. The van der Waals surface area contributed by atoms with Crippen LogP contribution in [0.4, 0.5) is 5.69 Å². The summed E-state index contributed by atoms with van der Waals surface area (Å²) in [6, 6.07) is 23.9. The zero-order chi connectivity index (χ0) is 24.8. The molecule has 0 bridgehead atoms. The minimum absolute atomic E-state index is 0.0242. The van der Waals surface area contributed by atoms with Crippen LogP contribution in [0.15, 0.2) is 78.9 Å². The molecule has 0 radical (unpaired) electrons. The second-order valence-corrected chi connectivity index (χ2v) is 10.7. The second kappa shape index (κ2) is 11.0. The van der Waals surface area contributed by atoms with E-state index in [1.54, 1.807) is 7.11 Å². The van der Waals surface area contributed by atoms with Gasteiger partial charge < -0.3 is 10.1 Å². The number of nitrogens with zero attached hydrogens (tertiary/aromatic N) is 2. The van der Waals surface area contributed by atoms with E-state index in [1.807, 2.05) is 90.7 Å². The number of sulfonamides is 1. The van der Waals surface area contributed by atoms with Crippen molar-refractivity contribution in [2.75, 3.05) is 38.6 Å². The maximum atomic E-state index is 13.6. The van der Waals surface area contributed by atoms with Crippen LogP contribution in [-0.2, 0) is 20.6 Å². The SMILES string of the molecule is COc1ccc(C)cc1NC(=O)[C@@H](c1ccccc1)N1CCN(S(=O)(=O)Cc2ccccc2)CC1. The highest BCUT2D eigenvalue weighted by Crippen LogP contribution is 2.29. The van der Waals surface area contributed by atoms with E-state index in [1.165, 1.54) is 4.31 Å². The summed E-state index contributed by atoms with van der Waals surface area (Å²) in [5.41, 5.74) is 3.25. The van der Waals surface area contributed by atoms with Gasteiger partial charge in [-0.25, -0.2) is 8.42 Å². The molecule has 0 saturated carbocycles. The predicted octanol–water partition coefficient (Wildman–Crippen LogP) is 3.83. The topological polar surface area (TPSA) is 79.0 Å². The van der Waals surface area contributed by atoms with E-state index in [2.05, 4.69) is 5.32 Å². The number of nitrogens with one attached hydrogen (secondary N) is 1. The average molecular weight is 494 g/mol. The number of methoxy groups -OCH3 is 1. The molecule has 35 heavy (non-hydrogen) atoms. The minimum Gasteiger partial charge on any atom is -0.495 e. The molecule has 1 saturated heterocycles. The molecule has 1 aliphatic heterocycles. The van der Waals surface area contributed by atoms with Crippen molar-refractivity contribution >= 4 is 21.6 Å². The molecule has 3 aromatic carbocycles. The van der Waals surface area contributed by atoms with Crippen LogP contribution in [0.3, 0.4) is 0 Å². The number of aryl methyl sites for hydroxylation is 1. The summed E-state index contributed by atoms with van der Waals surface area (Å²) in [6.45, 7) is 3.52. The predicted molar refractivity (Wildman–Crippen MR) is 138 cm³/mol. The van der Waals surface area contributed by atoms with Crippen LogP contribution in [0.25, 0.3) is 0 Å². The third-order valence-electron chi connectivity index (χ3n) is 6.20. The van der Waals surface area contributed by atoms with E-state index >= 15 is 0 Å². The molecule has 1 N–H and O–H groups in total. The number of carbonyl (C=O) groups excluding carboxylic acids is 1. The third kappa shape index (κ3) is 6.08. The smallest absolute Gasteiger partial charge is 0.246 e. The highest BCUT2D eigenvalue weighted by molar-refractivity contribution is 7.88. The highest BCUT2D eigenvalue weighted by Gasteiger charge is 2.34. The summed E-state index contributed by atoms with van der Waals surface area (Å²) >= 11 is 0. The lowest BCUT2D eigenvalue weighted by Crippen LogP contribution is -2.51. The number of benzene rings is 3. The first-order chi connectivity index (χ1) is 16.9. The average Bonchev–Trinajstić information content (AvgIpc) is 2.86. The van der Waals surface area contributed by atoms with Gasteiger partial charge in [0.05, 0.1) is 18.6 Å². The summed E-state index contributed by atoms with van der Waals surface area (Å²) in [4.78, 5) is 15.6. The Morgan fingerprint density at radius 1 is 0.943 bits per heavy atom. The van der Waals surface area contributed by atoms with Gasteiger partial charge in [0.15, 0.2) is 0 Å². The maximum Gasteiger partial charge on any atom is 0.246 e. The molecule has 1 atom stereocenters. The number of ether oxygens (including phenoxy) is 1. The first-order valence-corrected chi connectivity index (χ1v) is 13.2. The minimum atomic E-state index is -3.44. The number of hydrogen-bond acceptors (Lipinski definition) is 5. The molecule has 8 heteroatoms. The molecule has 1 fully saturated rings. The van der Waals surface area contributed by atoms with E-state index in [9.17, 15) is 13.2 Å². The quantitative estimate of drug-likeness (QED) is 0.516. The first-order valence-electron chi connectivity index (χ1n) is 11.6. The van der Waals surface area contributed by atoms with Crippen LogP contribution >= 0.6 is 0 Å². The lowest BCUT2D eigenvalue weighted by atomic mass is 10.0. The van der Waals surface area contributed by atoms with Gasteiger partial charge >= 0.3 is 0 Å². The van der Waals surface area contributed by atoms with Crippen molar-refractivity contribution in [2.24, 2.45) is 0 Å². The Bertz CT molecular complexity index is 1240. The fourth-order valence-electron chi connectivity index (χ4n) is 4.40. The molecular weight excluding hydrogens is 462 g/mol. The summed E-state index contributed by atoms with van der Waals surface area (Å²) in [5.74, 6) is 0.386. The molecule has 1 heterocycles. The van der Waals surface area contributed by atoms with Crippen molar-refractivity contribution in [1.29, 1.82) is 0 Å². The van der Waals surface area contributed by atoms with Crippen molar-refractivity contribution in [1.82, 2.24) is 9.21 Å². The Morgan fingerprint density at radius 3 is 2.20 bits per heavy atom. The summed E-state index contributed by atoms with van der Waals surface area (Å²) in [5, 5.41) is 3.03. The lowest BCUT2D eigenvalue weighted by molar-refractivity contribution is -0.122. The fraction of sp³-hybridized carbons (Fsp3) is 0.296. The summed E-state index contributed by atoms with van der Waals surface area (Å²) in [7, 11) is -1.87. The van der Waals surface area contributed by atoms with Crippen LogP contribution < -0.4 is 10.1 Å². The van der Waals surface area contributed by atoms with Crippen molar-refractivity contribution in [3.63, 3.8) is 0 Å². The lowest BCUT2D eigenvalue weighted by Gasteiger charge is -2.38. The normalized spacial score (nSPS) is 15.9. The number of amides is 1. The van der Waals surface area contributed by atoms with Crippen LogP contribution in [0.1, 0.15) is 22.7 Å². The summed E-state index contributed by atoms with van der Waals surface area (Å²) < 4.78 is 32.9. The van der Waals surface area contributed by atoms with Crippen LogP contribution in [-0.4, -0.2) is 56.8 Å². The van der Waals surface area contributed by atoms with Gasteiger partial charge in [-0.05, 0) is 35.7 Å². The first kappa shape index (κ1) is 24.9. The number of piperazine rings is 1. The Morgan fingerprint density at radius 2 is 1.57 bits per heavy atom. The number of carbonyl (C=O) groups is 1. The molecule has 7 nitrogen and oxygen atoms in total. The highest BCUT2D eigenvalue weighted by atomic mass is 32.2. The summed E-state index contributed by atoms with van der Waals surface area (Å²) in [6.07, 6.45) is 0. The Kier molecular flexibility index (Phi) is 7.85. The van der Waals surface area contributed by atoms with Gasteiger partial charge in [0.2, 0.25) is 15.9 Å². The largest absolute Gasteiger partial charge is 0.495 e. The molecule has 0 spiro atoms.